The van der Waals surface area contributed by atoms with Gasteiger partial charge in [0.2, 0.25) is 5.91 Å². The molecule has 0 aromatic rings. The summed E-state index contributed by atoms with van der Waals surface area (Å²) in [5.74, 6) is -0.00471. The van der Waals surface area contributed by atoms with Gasteiger partial charge in [-0.2, -0.15) is 0 Å². The molecular formula is C80H157NO5. The minimum atomic E-state index is -0.664. The normalized spacial score (nSPS) is 12.5. The van der Waals surface area contributed by atoms with Crippen LogP contribution in [0.1, 0.15) is 463 Å². The number of carbonyl (C=O) groups excluding carboxylic acids is 2. The van der Waals surface area contributed by atoms with Crippen molar-refractivity contribution >= 4 is 11.9 Å². The molecule has 0 radical (unpaired) electrons. The van der Waals surface area contributed by atoms with Crippen LogP contribution in [-0.4, -0.2) is 47.4 Å². The lowest BCUT2D eigenvalue weighted by molar-refractivity contribution is -0.143. The van der Waals surface area contributed by atoms with Crippen LogP contribution in [0.2, 0.25) is 0 Å². The molecule has 0 heterocycles. The lowest BCUT2D eigenvalue weighted by Crippen LogP contribution is -2.45. The smallest absolute Gasteiger partial charge is 0.305 e. The van der Waals surface area contributed by atoms with Gasteiger partial charge in [0, 0.05) is 12.8 Å². The highest BCUT2D eigenvalue weighted by Gasteiger charge is 2.20. The maximum absolute atomic E-state index is 12.6. The first-order valence-electron chi connectivity index (χ1n) is 39.9. The minimum absolute atomic E-state index is 0.0233. The molecular weight excluding hydrogens is 1050 g/mol. The lowest BCUT2D eigenvalue weighted by Gasteiger charge is -2.22. The van der Waals surface area contributed by atoms with E-state index in [1.54, 1.807) is 0 Å². The van der Waals surface area contributed by atoms with E-state index in [9.17, 15) is 19.8 Å². The van der Waals surface area contributed by atoms with Gasteiger partial charge in [0.25, 0.3) is 0 Å². The van der Waals surface area contributed by atoms with Crippen LogP contribution in [-0.2, 0) is 14.3 Å². The molecule has 0 fully saturated rings. The van der Waals surface area contributed by atoms with Crippen LogP contribution >= 0.6 is 0 Å². The summed E-state index contributed by atoms with van der Waals surface area (Å²) in [6, 6.07) is -0.541. The third kappa shape index (κ3) is 71.7. The predicted octanol–water partition coefficient (Wildman–Crippen LogP) is 26.3. The molecule has 3 N–H and O–H groups in total. The summed E-state index contributed by atoms with van der Waals surface area (Å²) in [4.78, 5) is 24.7. The van der Waals surface area contributed by atoms with Crippen molar-refractivity contribution in [2.45, 2.75) is 475 Å². The van der Waals surface area contributed by atoms with Crippen molar-refractivity contribution in [2.24, 2.45) is 0 Å². The molecule has 0 aromatic carbocycles. The zero-order chi connectivity index (χ0) is 62.0. The monoisotopic (exact) mass is 1210 g/mol. The average molecular weight is 1210 g/mol. The van der Waals surface area contributed by atoms with Gasteiger partial charge in [0.1, 0.15) is 0 Å². The van der Waals surface area contributed by atoms with Crippen molar-refractivity contribution in [3.63, 3.8) is 0 Å². The molecule has 6 nitrogen and oxygen atoms in total. The average Bonchev–Trinajstić information content (AvgIpc) is 3.54. The molecule has 0 rings (SSSR count). The van der Waals surface area contributed by atoms with Gasteiger partial charge in [-0.1, -0.05) is 411 Å². The Hall–Kier alpha value is -1.40. The number of nitrogens with one attached hydrogen (secondary N) is 1. The fraction of sp³-hybridized carbons (Fsp3) is 0.950. The van der Waals surface area contributed by atoms with Crippen molar-refractivity contribution in [1.82, 2.24) is 5.32 Å². The highest BCUT2D eigenvalue weighted by molar-refractivity contribution is 5.76. The second-order valence-corrected chi connectivity index (χ2v) is 27.8. The number of hydrogen-bond acceptors (Lipinski definition) is 5. The molecule has 0 aliphatic carbocycles. The lowest BCUT2D eigenvalue weighted by atomic mass is 10.0. The van der Waals surface area contributed by atoms with Crippen LogP contribution in [0.25, 0.3) is 0 Å². The number of unbranched alkanes of at least 4 members (excludes halogenated alkanes) is 63. The quantitative estimate of drug-likeness (QED) is 0.0320. The van der Waals surface area contributed by atoms with Gasteiger partial charge in [-0.3, -0.25) is 9.59 Å². The van der Waals surface area contributed by atoms with Gasteiger partial charge >= 0.3 is 5.97 Å². The Kier molecular flexibility index (Phi) is 74.8. The number of aliphatic hydroxyl groups excluding tert-OH is 2. The van der Waals surface area contributed by atoms with E-state index in [1.807, 2.05) is 0 Å². The highest BCUT2D eigenvalue weighted by atomic mass is 16.5. The fourth-order valence-corrected chi connectivity index (χ4v) is 13.0. The molecule has 0 saturated carbocycles. The molecule has 512 valence electrons. The zero-order valence-electron chi connectivity index (χ0n) is 58.8. The Labute approximate surface area is 539 Å². The molecule has 86 heavy (non-hydrogen) atoms. The molecule has 0 aliphatic heterocycles. The van der Waals surface area contributed by atoms with E-state index in [2.05, 4.69) is 31.3 Å². The van der Waals surface area contributed by atoms with E-state index in [0.717, 1.165) is 38.5 Å². The first-order valence-corrected chi connectivity index (χ1v) is 39.9. The van der Waals surface area contributed by atoms with Gasteiger partial charge in [-0.25, -0.2) is 0 Å². The number of allylic oxidation sites excluding steroid dienone is 2. The first kappa shape index (κ1) is 84.6. The molecule has 2 unspecified atom stereocenters. The molecule has 0 aromatic heterocycles. The summed E-state index contributed by atoms with van der Waals surface area (Å²) in [6.07, 6.45) is 95.9. The van der Waals surface area contributed by atoms with Gasteiger partial charge in [-0.05, 0) is 51.4 Å². The summed E-state index contributed by atoms with van der Waals surface area (Å²) < 4.78 is 5.52. The van der Waals surface area contributed by atoms with Gasteiger partial charge in [0.05, 0.1) is 25.4 Å². The van der Waals surface area contributed by atoms with Gasteiger partial charge in [-0.15, -0.1) is 0 Å². The van der Waals surface area contributed by atoms with Crippen LogP contribution in [0.3, 0.4) is 0 Å². The molecule has 1 amide bonds. The first-order chi connectivity index (χ1) is 42.5. The summed E-state index contributed by atoms with van der Waals surface area (Å²) in [7, 11) is 0. The number of aliphatic hydroxyl groups is 2. The molecule has 0 aliphatic rings. The van der Waals surface area contributed by atoms with Crippen LogP contribution in [0.5, 0.6) is 0 Å². The maximum Gasteiger partial charge on any atom is 0.305 e. The number of amides is 1. The molecule has 0 bridgehead atoms. The Morgan fingerprint density at radius 2 is 0.547 bits per heavy atom. The van der Waals surface area contributed by atoms with Crippen LogP contribution in [0.15, 0.2) is 12.2 Å². The van der Waals surface area contributed by atoms with Crippen molar-refractivity contribution in [1.29, 1.82) is 0 Å². The van der Waals surface area contributed by atoms with Crippen LogP contribution < -0.4 is 5.32 Å². The second kappa shape index (κ2) is 76.1. The number of ether oxygens (including phenoxy) is 1. The second-order valence-electron chi connectivity index (χ2n) is 27.8. The summed E-state index contributed by atoms with van der Waals surface area (Å²) in [5, 5.41) is 23.4. The van der Waals surface area contributed by atoms with E-state index in [-0.39, 0.29) is 18.5 Å². The number of hydrogen-bond donors (Lipinski definition) is 3. The topological polar surface area (TPSA) is 95.9 Å². The van der Waals surface area contributed by atoms with Crippen LogP contribution in [0, 0.1) is 0 Å². The standard InChI is InChI=1S/C80H157NO5/c1-3-5-7-9-11-13-15-17-19-21-23-37-40-44-48-52-56-60-64-68-72-78(83)77(76-82)81-79(84)73-69-65-61-57-53-49-45-41-38-34-32-30-28-26-24-25-27-29-31-33-35-39-43-47-51-55-59-63-67-71-75-86-80(85)74-70-66-62-58-54-50-46-42-36-22-20-18-16-14-12-10-8-6-4-2/h25,27,77-78,82-83H,3-24,26,28-76H2,1-2H3,(H,81,84)/b27-25-. The van der Waals surface area contributed by atoms with E-state index in [0.29, 0.717) is 25.9 Å². The maximum atomic E-state index is 12.6. The van der Waals surface area contributed by atoms with E-state index in [4.69, 9.17) is 4.74 Å². The molecule has 6 heteroatoms. The van der Waals surface area contributed by atoms with Crippen molar-refractivity contribution in [3.05, 3.63) is 12.2 Å². The Bertz CT molecular complexity index is 1300. The third-order valence-electron chi connectivity index (χ3n) is 19.1. The summed E-state index contributed by atoms with van der Waals surface area (Å²) >= 11 is 0. The Morgan fingerprint density at radius 3 is 0.826 bits per heavy atom. The van der Waals surface area contributed by atoms with Gasteiger partial charge in [0.15, 0.2) is 0 Å². The van der Waals surface area contributed by atoms with E-state index in [1.165, 1.54) is 392 Å². The summed E-state index contributed by atoms with van der Waals surface area (Å²) in [5.41, 5.74) is 0. The Balaban J connectivity index is 3.34. The molecule has 0 spiro atoms. The van der Waals surface area contributed by atoms with Gasteiger partial charge < -0.3 is 20.3 Å². The highest BCUT2D eigenvalue weighted by Crippen LogP contribution is 2.20. The number of rotatable bonds is 76. The minimum Gasteiger partial charge on any atom is -0.466 e. The molecule has 2 atom stereocenters. The van der Waals surface area contributed by atoms with Crippen molar-refractivity contribution in [2.75, 3.05) is 13.2 Å². The number of carbonyl (C=O) groups is 2. The van der Waals surface area contributed by atoms with E-state index >= 15 is 0 Å². The molecule has 0 saturated heterocycles. The van der Waals surface area contributed by atoms with Crippen molar-refractivity contribution < 1.29 is 24.5 Å². The Morgan fingerprint density at radius 1 is 0.314 bits per heavy atom. The fourth-order valence-electron chi connectivity index (χ4n) is 13.0. The summed E-state index contributed by atoms with van der Waals surface area (Å²) in [6.45, 7) is 5.02. The third-order valence-corrected chi connectivity index (χ3v) is 19.1. The number of esters is 1. The van der Waals surface area contributed by atoms with Crippen molar-refractivity contribution in [3.8, 4) is 0 Å². The largest absolute Gasteiger partial charge is 0.466 e. The predicted molar refractivity (Wildman–Crippen MR) is 380 cm³/mol. The SMILES string of the molecule is CCCCCCCCCCCCCCCCCCCCCCC(O)C(CO)NC(=O)CCCCCCCCCCCCCCCC/C=C\CCCCCCCCCCCCCCOC(=O)CCCCCCCCCCCCCCCCCCCCC. The van der Waals surface area contributed by atoms with E-state index < -0.39 is 12.1 Å². The van der Waals surface area contributed by atoms with Crippen LogP contribution in [0.4, 0.5) is 0 Å². The zero-order valence-corrected chi connectivity index (χ0v) is 58.8.